The molecule has 1 unspecified atom stereocenters. The second-order valence-electron chi connectivity index (χ2n) is 4.67. The predicted octanol–water partition coefficient (Wildman–Crippen LogP) is 5.04. The summed E-state index contributed by atoms with van der Waals surface area (Å²) in [6.45, 7) is 2.05. The Labute approximate surface area is 126 Å². The fourth-order valence-corrected chi connectivity index (χ4v) is 2.71. The van der Waals surface area contributed by atoms with E-state index < -0.39 is 0 Å². The number of anilines is 1. The van der Waals surface area contributed by atoms with Crippen molar-refractivity contribution in [2.24, 2.45) is 0 Å². The molecular weight excluding hydrogens is 293 g/mol. The van der Waals surface area contributed by atoms with E-state index in [0.717, 1.165) is 22.2 Å². The van der Waals surface area contributed by atoms with E-state index in [4.69, 9.17) is 23.2 Å². The van der Waals surface area contributed by atoms with Crippen LogP contribution in [0, 0.1) is 0 Å². The fourth-order valence-electron chi connectivity index (χ4n) is 2.25. The van der Waals surface area contributed by atoms with Crippen molar-refractivity contribution < 1.29 is 0 Å². The Morgan fingerprint density at radius 2 is 2.05 bits per heavy atom. The van der Waals surface area contributed by atoms with E-state index in [-0.39, 0.29) is 6.04 Å². The smallest absolute Gasteiger partial charge is 0.0671 e. The third-order valence-electron chi connectivity index (χ3n) is 3.28. The number of benzene rings is 2. The topological polar surface area (TPSA) is 40.7 Å². The highest BCUT2D eigenvalue weighted by atomic mass is 35.5. The molecule has 2 aromatic carbocycles. The summed E-state index contributed by atoms with van der Waals surface area (Å²) in [7, 11) is 0. The normalized spacial score (nSPS) is 12.6. The lowest BCUT2D eigenvalue weighted by molar-refractivity contribution is 0.887. The van der Waals surface area contributed by atoms with Crippen molar-refractivity contribution >= 4 is 39.8 Å². The highest BCUT2D eigenvalue weighted by Crippen LogP contribution is 2.30. The first-order valence-electron chi connectivity index (χ1n) is 6.29. The van der Waals surface area contributed by atoms with E-state index >= 15 is 0 Å². The van der Waals surface area contributed by atoms with Crippen molar-refractivity contribution in [3.05, 3.63) is 58.2 Å². The third-order valence-corrected chi connectivity index (χ3v) is 3.86. The lowest BCUT2D eigenvalue weighted by Crippen LogP contribution is -2.07. The Bertz CT molecular complexity index is 752. The molecule has 0 aliphatic heterocycles. The van der Waals surface area contributed by atoms with E-state index in [1.807, 2.05) is 36.5 Å². The molecule has 1 aromatic heterocycles. The number of aromatic nitrogens is 2. The number of nitrogens with zero attached hydrogens (tertiary/aromatic N) is 1. The molecule has 3 aromatic rings. The monoisotopic (exact) mass is 305 g/mol. The van der Waals surface area contributed by atoms with Crippen LogP contribution in [0.4, 0.5) is 5.69 Å². The maximum atomic E-state index is 6.24. The lowest BCUT2D eigenvalue weighted by Gasteiger charge is -2.18. The molecule has 0 saturated carbocycles. The highest BCUT2D eigenvalue weighted by molar-refractivity contribution is 6.33. The van der Waals surface area contributed by atoms with Crippen LogP contribution in [0.3, 0.4) is 0 Å². The van der Waals surface area contributed by atoms with Crippen LogP contribution in [-0.2, 0) is 0 Å². The summed E-state index contributed by atoms with van der Waals surface area (Å²) >= 11 is 12.3. The molecule has 0 saturated heterocycles. The van der Waals surface area contributed by atoms with Crippen molar-refractivity contribution in [1.29, 1.82) is 0 Å². The zero-order chi connectivity index (χ0) is 14.1. The number of rotatable bonds is 3. The molecule has 0 radical (unpaired) electrons. The van der Waals surface area contributed by atoms with Gasteiger partial charge in [-0.15, -0.1) is 0 Å². The zero-order valence-corrected chi connectivity index (χ0v) is 12.3. The second-order valence-corrected chi connectivity index (χ2v) is 5.51. The first kappa shape index (κ1) is 13.3. The molecule has 3 nitrogen and oxygen atoms in total. The van der Waals surface area contributed by atoms with E-state index in [2.05, 4.69) is 22.4 Å². The number of fused-ring (bicyclic) bond motifs is 1. The van der Waals surface area contributed by atoms with Crippen molar-refractivity contribution in [2.45, 2.75) is 13.0 Å². The third kappa shape index (κ3) is 2.47. The number of nitrogens with one attached hydrogen (secondary N) is 2. The second kappa shape index (κ2) is 5.35. The fraction of sp³-hybridized carbons (Fsp3) is 0.133. The maximum Gasteiger partial charge on any atom is 0.0671 e. The van der Waals surface area contributed by atoms with E-state index in [1.54, 1.807) is 6.07 Å². The van der Waals surface area contributed by atoms with Crippen molar-refractivity contribution in [3.8, 4) is 0 Å². The predicted molar refractivity (Wildman–Crippen MR) is 84.6 cm³/mol. The molecule has 20 heavy (non-hydrogen) atoms. The average molecular weight is 306 g/mol. The number of halogens is 2. The number of hydrogen-bond donors (Lipinski definition) is 2. The quantitative estimate of drug-likeness (QED) is 0.711. The van der Waals surface area contributed by atoms with Crippen LogP contribution < -0.4 is 5.32 Å². The van der Waals surface area contributed by atoms with Crippen LogP contribution in [-0.4, -0.2) is 10.2 Å². The largest absolute Gasteiger partial charge is 0.378 e. The van der Waals surface area contributed by atoms with Crippen LogP contribution in [0.25, 0.3) is 10.9 Å². The number of H-pyrrole nitrogens is 1. The van der Waals surface area contributed by atoms with Gasteiger partial charge in [-0.25, -0.2) is 0 Å². The van der Waals surface area contributed by atoms with Gasteiger partial charge in [-0.3, -0.25) is 5.10 Å². The molecule has 0 amide bonds. The average Bonchev–Trinajstić information content (AvgIpc) is 2.91. The number of hydrogen-bond acceptors (Lipinski definition) is 2. The Balaban J connectivity index is 1.94. The van der Waals surface area contributed by atoms with Gasteiger partial charge in [0.05, 0.1) is 17.8 Å². The van der Waals surface area contributed by atoms with Crippen LogP contribution in [0.5, 0.6) is 0 Å². The summed E-state index contributed by atoms with van der Waals surface area (Å²) in [6.07, 6.45) is 1.81. The Morgan fingerprint density at radius 1 is 1.20 bits per heavy atom. The molecule has 0 bridgehead atoms. The summed E-state index contributed by atoms with van der Waals surface area (Å²) in [5.41, 5.74) is 2.99. The molecule has 0 aliphatic carbocycles. The molecule has 2 N–H and O–H groups in total. The highest BCUT2D eigenvalue weighted by Gasteiger charge is 2.12. The molecule has 0 fully saturated rings. The van der Waals surface area contributed by atoms with Gasteiger partial charge in [0.2, 0.25) is 0 Å². The zero-order valence-electron chi connectivity index (χ0n) is 10.8. The standard InChI is InChI=1S/C15H13Cl2N3/c1-9(11-7-10(16)5-6-13(11)17)19-14-3-2-4-15-12(14)8-18-20-15/h2-9,19H,1H3,(H,18,20). The Kier molecular flexibility index (Phi) is 3.55. The van der Waals surface area contributed by atoms with Gasteiger partial charge in [0.15, 0.2) is 0 Å². The lowest BCUT2D eigenvalue weighted by atomic mass is 10.1. The van der Waals surface area contributed by atoms with Gasteiger partial charge >= 0.3 is 0 Å². The van der Waals surface area contributed by atoms with Crippen molar-refractivity contribution in [3.63, 3.8) is 0 Å². The minimum atomic E-state index is 0.0432. The van der Waals surface area contributed by atoms with Gasteiger partial charge in [-0.2, -0.15) is 5.10 Å². The van der Waals surface area contributed by atoms with Crippen molar-refractivity contribution in [2.75, 3.05) is 5.32 Å². The molecule has 1 heterocycles. The SMILES string of the molecule is CC(Nc1cccc2[nH]ncc12)c1cc(Cl)ccc1Cl. The van der Waals surface area contributed by atoms with E-state index in [9.17, 15) is 0 Å². The summed E-state index contributed by atoms with van der Waals surface area (Å²) in [5.74, 6) is 0. The van der Waals surface area contributed by atoms with Gasteiger partial charge in [0, 0.05) is 21.1 Å². The number of aromatic amines is 1. The van der Waals surface area contributed by atoms with Crippen molar-refractivity contribution in [1.82, 2.24) is 10.2 Å². The first-order valence-corrected chi connectivity index (χ1v) is 7.04. The van der Waals surface area contributed by atoms with Gasteiger partial charge < -0.3 is 5.32 Å². The molecular formula is C15H13Cl2N3. The molecule has 0 aliphatic rings. The summed E-state index contributed by atoms with van der Waals surface area (Å²) in [4.78, 5) is 0. The summed E-state index contributed by atoms with van der Waals surface area (Å²) in [5, 5.41) is 12.9. The summed E-state index contributed by atoms with van der Waals surface area (Å²) < 4.78 is 0. The van der Waals surface area contributed by atoms with Gasteiger partial charge in [-0.05, 0) is 42.8 Å². The van der Waals surface area contributed by atoms with Gasteiger partial charge in [0.25, 0.3) is 0 Å². The van der Waals surface area contributed by atoms with Gasteiger partial charge in [-0.1, -0.05) is 29.3 Å². The molecule has 3 rings (SSSR count). The molecule has 1 atom stereocenters. The van der Waals surface area contributed by atoms with Gasteiger partial charge in [0.1, 0.15) is 0 Å². The van der Waals surface area contributed by atoms with Crippen LogP contribution in [0.1, 0.15) is 18.5 Å². The maximum absolute atomic E-state index is 6.24. The molecule has 102 valence electrons. The molecule has 0 spiro atoms. The minimum absolute atomic E-state index is 0.0432. The van der Waals surface area contributed by atoms with E-state index in [0.29, 0.717) is 10.0 Å². The van der Waals surface area contributed by atoms with E-state index in [1.165, 1.54) is 0 Å². The minimum Gasteiger partial charge on any atom is -0.378 e. The molecule has 5 heteroatoms. The first-order chi connectivity index (χ1) is 9.65. The van der Waals surface area contributed by atoms with Crippen LogP contribution >= 0.6 is 23.2 Å². The van der Waals surface area contributed by atoms with Crippen LogP contribution in [0.2, 0.25) is 10.0 Å². The Hall–Kier alpha value is -1.71. The van der Waals surface area contributed by atoms with Crippen LogP contribution in [0.15, 0.2) is 42.6 Å². The summed E-state index contributed by atoms with van der Waals surface area (Å²) in [6, 6.07) is 11.5. The Morgan fingerprint density at radius 3 is 2.90 bits per heavy atom.